The molecule has 1 atom stereocenters. The van der Waals surface area contributed by atoms with Crippen molar-refractivity contribution >= 4 is 29.9 Å². The summed E-state index contributed by atoms with van der Waals surface area (Å²) in [6.45, 7) is 5.41. The number of benzene rings is 1. The first-order chi connectivity index (χ1) is 11.1. The molecule has 1 aromatic rings. The molecular formula is C17H24ClN3O3. The van der Waals surface area contributed by atoms with E-state index >= 15 is 0 Å². The van der Waals surface area contributed by atoms with Crippen LogP contribution in [0.3, 0.4) is 0 Å². The lowest BCUT2D eigenvalue weighted by atomic mass is 10.1. The van der Waals surface area contributed by atoms with Crippen LogP contribution in [-0.4, -0.2) is 55.6 Å². The molecule has 3 rings (SSSR count). The normalized spacial score (nSPS) is 20.4. The van der Waals surface area contributed by atoms with Crippen molar-refractivity contribution in [3.05, 3.63) is 29.3 Å². The Kier molecular flexibility index (Phi) is 6.60. The van der Waals surface area contributed by atoms with E-state index in [-0.39, 0.29) is 24.2 Å². The standard InChI is InChI=1S/C17H23N3O3.ClH/c1-12-10-13(17(22)20-7-2-3-8-20)4-5-14(12)19-16(21)15-11-18-6-9-23-15;/h4-5,10,15,18H,2-3,6-9,11H2,1H3,(H,19,21);1H. The molecule has 0 bridgehead atoms. The van der Waals surface area contributed by atoms with Gasteiger partial charge < -0.3 is 20.3 Å². The molecule has 1 unspecified atom stereocenters. The topological polar surface area (TPSA) is 70.7 Å². The second kappa shape index (κ2) is 8.46. The van der Waals surface area contributed by atoms with Gasteiger partial charge in [0.1, 0.15) is 6.10 Å². The number of rotatable bonds is 3. The van der Waals surface area contributed by atoms with E-state index in [0.717, 1.165) is 43.7 Å². The summed E-state index contributed by atoms with van der Waals surface area (Å²) in [5.41, 5.74) is 2.28. The number of aryl methyl sites for hydroxylation is 1. The maximum atomic E-state index is 12.4. The fourth-order valence-electron chi connectivity index (χ4n) is 2.99. The van der Waals surface area contributed by atoms with Crippen molar-refractivity contribution in [2.75, 3.05) is 38.1 Å². The van der Waals surface area contributed by atoms with Gasteiger partial charge in [-0.3, -0.25) is 9.59 Å². The predicted octanol–water partition coefficient (Wildman–Crippen LogP) is 1.58. The van der Waals surface area contributed by atoms with Crippen molar-refractivity contribution < 1.29 is 14.3 Å². The summed E-state index contributed by atoms with van der Waals surface area (Å²) < 4.78 is 5.45. The van der Waals surface area contributed by atoms with Gasteiger partial charge >= 0.3 is 0 Å². The fourth-order valence-corrected chi connectivity index (χ4v) is 2.99. The van der Waals surface area contributed by atoms with Crippen molar-refractivity contribution in [2.45, 2.75) is 25.9 Å². The summed E-state index contributed by atoms with van der Waals surface area (Å²) >= 11 is 0. The van der Waals surface area contributed by atoms with E-state index in [2.05, 4.69) is 10.6 Å². The number of hydrogen-bond acceptors (Lipinski definition) is 4. The van der Waals surface area contributed by atoms with E-state index in [9.17, 15) is 9.59 Å². The van der Waals surface area contributed by atoms with E-state index in [4.69, 9.17) is 4.74 Å². The van der Waals surface area contributed by atoms with Crippen LogP contribution in [0.4, 0.5) is 5.69 Å². The van der Waals surface area contributed by atoms with Crippen LogP contribution in [-0.2, 0) is 9.53 Å². The van der Waals surface area contributed by atoms with E-state index in [1.165, 1.54) is 0 Å². The van der Waals surface area contributed by atoms with Gasteiger partial charge in [0.25, 0.3) is 11.8 Å². The highest BCUT2D eigenvalue weighted by molar-refractivity contribution is 5.98. The number of ether oxygens (including phenoxy) is 1. The van der Waals surface area contributed by atoms with Crippen LogP contribution in [0.15, 0.2) is 18.2 Å². The lowest BCUT2D eigenvalue weighted by Gasteiger charge is -2.23. The number of likely N-dealkylation sites (tertiary alicyclic amines) is 1. The number of carbonyl (C=O) groups is 2. The summed E-state index contributed by atoms with van der Waals surface area (Å²) in [4.78, 5) is 26.5. The van der Waals surface area contributed by atoms with Gasteiger partial charge in [-0.1, -0.05) is 0 Å². The highest BCUT2D eigenvalue weighted by atomic mass is 35.5. The molecule has 2 fully saturated rings. The second-order valence-electron chi connectivity index (χ2n) is 6.08. The molecule has 7 heteroatoms. The highest BCUT2D eigenvalue weighted by Gasteiger charge is 2.23. The number of hydrogen-bond donors (Lipinski definition) is 2. The van der Waals surface area contributed by atoms with Gasteiger partial charge in [0.05, 0.1) is 6.61 Å². The number of amides is 2. The molecule has 2 N–H and O–H groups in total. The van der Waals surface area contributed by atoms with Crippen LogP contribution in [0.25, 0.3) is 0 Å². The molecule has 0 saturated carbocycles. The molecule has 0 aliphatic carbocycles. The van der Waals surface area contributed by atoms with Crippen molar-refractivity contribution in [3.8, 4) is 0 Å². The minimum Gasteiger partial charge on any atom is -0.366 e. The third-order valence-electron chi connectivity index (χ3n) is 4.34. The van der Waals surface area contributed by atoms with Crippen LogP contribution >= 0.6 is 12.4 Å². The number of anilines is 1. The first-order valence-corrected chi connectivity index (χ1v) is 8.18. The van der Waals surface area contributed by atoms with Crippen LogP contribution in [0.2, 0.25) is 0 Å². The Balaban J connectivity index is 0.00000208. The Hall–Kier alpha value is -1.63. The zero-order valence-corrected chi connectivity index (χ0v) is 14.7. The molecule has 2 aliphatic rings. The number of nitrogens with one attached hydrogen (secondary N) is 2. The molecule has 6 nitrogen and oxygen atoms in total. The molecule has 2 heterocycles. The summed E-state index contributed by atoms with van der Waals surface area (Å²) in [6.07, 6.45) is 1.69. The monoisotopic (exact) mass is 353 g/mol. The van der Waals surface area contributed by atoms with E-state index in [0.29, 0.717) is 18.7 Å². The maximum absolute atomic E-state index is 12.4. The predicted molar refractivity (Wildman–Crippen MR) is 94.8 cm³/mol. The first kappa shape index (κ1) is 18.7. The molecule has 0 aromatic heterocycles. The van der Waals surface area contributed by atoms with Crippen LogP contribution in [0.5, 0.6) is 0 Å². The van der Waals surface area contributed by atoms with Crippen molar-refractivity contribution in [1.29, 1.82) is 0 Å². The third-order valence-corrected chi connectivity index (χ3v) is 4.34. The molecule has 2 amide bonds. The average Bonchev–Trinajstić information content (AvgIpc) is 3.11. The Morgan fingerprint density at radius 2 is 2.04 bits per heavy atom. The Labute approximate surface area is 148 Å². The van der Waals surface area contributed by atoms with Gasteiger partial charge in [-0.2, -0.15) is 0 Å². The lowest BCUT2D eigenvalue weighted by Crippen LogP contribution is -2.45. The Bertz CT molecular complexity index is 597. The summed E-state index contributed by atoms with van der Waals surface area (Å²) in [7, 11) is 0. The van der Waals surface area contributed by atoms with Gasteiger partial charge in [-0.05, 0) is 43.5 Å². The average molecular weight is 354 g/mol. The quantitative estimate of drug-likeness (QED) is 0.865. The number of halogens is 1. The summed E-state index contributed by atoms with van der Waals surface area (Å²) in [6, 6.07) is 5.42. The zero-order chi connectivity index (χ0) is 16.2. The van der Waals surface area contributed by atoms with E-state index in [1.807, 2.05) is 17.9 Å². The minimum atomic E-state index is -0.464. The zero-order valence-electron chi connectivity index (χ0n) is 13.8. The molecular weight excluding hydrogens is 330 g/mol. The first-order valence-electron chi connectivity index (χ1n) is 8.18. The smallest absolute Gasteiger partial charge is 0.254 e. The SMILES string of the molecule is Cc1cc(C(=O)N2CCCC2)ccc1NC(=O)C1CNCCO1.Cl. The molecule has 24 heavy (non-hydrogen) atoms. The third kappa shape index (κ3) is 4.26. The maximum Gasteiger partial charge on any atom is 0.254 e. The van der Waals surface area contributed by atoms with Crippen molar-refractivity contribution in [1.82, 2.24) is 10.2 Å². The van der Waals surface area contributed by atoms with E-state index in [1.54, 1.807) is 12.1 Å². The largest absolute Gasteiger partial charge is 0.366 e. The van der Waals surface area contributed by atoms with Gasteiger partial charge in [0.2, 0.25) is 0 Å². The van der Waals surface area contributed by atoms with Crippen LogP contribution in [0.1, 0.15) is 28.8 Å². The molecule has 132 valence electrons. The molecule has 1 aromatic carbocycles. The van der Waals surface area contributed by atoms with Crippen molar-refractivity contribution in [3.63, 3.8) is 0 Å². The molecule has 2 aliphatic heterocycles. The summed E-state index contributed by atoms with van der Waals surface area (Å²) in [5.74, 6) is -0.0813. The second-order valence-corrected chi connectivity index (χ2v) is 6.08. The van der Waals surface area contributed by atoms with E-state index < -0.39 is 6.10 Å². The van der Waals surface area contributed by atoms with Crippen LogP contribution in [0, 0.1) is 6.92 Å². The summed E-state index contributed by atoms with van der Waals surface area (Å²) in [5, 5.41) is 6.02. The molecule has 2 saturated heterocycles. The van der Waals surface area contributed by atoms with Gasteiger partial charge in [-0.25, -0.2) is 0 Å². The minimum absolute atomic E-state index is 0. The fraction of sp³-hybridized carbons (Fsp3) is 0.529. The van der Waals surface area contributed by atoms with Crippen LogP contribution < -0.4 is 10.6 Å². The Morgan fingerprint density at radius 1 is 1.29 bits per heavy atom. The molecule has 0 radical (unpaired) electrons. The highest BCUT2D eigenvalue weighted by Crippen LogP contribution is 2.20. The van der Waals surface area contributed by atoms with Gasteiger partial charge in [0.15, 0.2) is 0 Å². The van der Waals surface area contributed by atoms with Crippen molar-refractivity contribution in [2.24, 2.45) is 0 Å². The number of nitrogens with zero attached hydrogens (tertiary/aromatic N) is 1. The van der Waals surface area contributed by atoms with Gasteiger partial charge in [0, 0.05) is 37.4 Å². The number of carbonyl (C=O) groups excluding carboxylic acids is 2. The molecule has 0 spiro atoms. The van der Waals surface area contributed by atoms with Gasteiger partial charge in [-0.15, -0.1) is 12.4 Å². The lowest BCUT2D eigenvalue weighted by molar-refractivity contribution is -0.128. The number of morpholine rings is 1. The Morgan fingerprint density at radius 3 is 2.67 bits per heavy atom.